The third-order valence-corrected chi connectivity index (χ3v) is 6.02. The van der Waals surface area contributed by atoms with Crippen LogP contribution < -0.4 is 5.32 Å². The Morgan fingerprint density at radius 1 is 1.33 bits per heavy atom. The number of thiazole rings is 1. The molecule has 0 saturated carbocycles. The first kappa shape index (κ1) is 12.1. The molecule has 18 heavy (non-hydrogen) atoms. The normalized spacial score (nSPS) is 27.4. The van der Waals surface area contributed by atoms with E-state index in [4.69, 9.17) is 0 Å². The first-order chi connectivity index (χ1) is 8.53. The van der Waals surface area contributed by atoms with E-state index in [-0.39, 0.29) is 23.6 Å². The molecule has 6 heteroatoms. The lowest BCUT2D eigenvalue weighted by Crippen LogP contribution is -2.45. The van der Waals surface area contributed by atoms with E-state index < -0.39 is 9.84 Å². The topological polar surface area (TPSA) is 59.1 Å². The van der Waals surface area contributed by atoms with E-state index in [0.29, 0.717) is 0 Å². The van der Waals surface area contributed by atoms with Crippen molar-refractivity contribution in [3.63, 3.8) is 0 Å². The summed E-state index contributed by atoms with van der Waals surface area (Å²) < 4.78 is 24.7. The molecule has 1 saturated heterocycles. The van der Waals surface area contributed by atoms with E-state index in [2.05, 4.69) is 10.3 Å². The molecule has 3 rings (SSSR count). The number of para-hydroxylation sites is 1. The SMILES string of the molecule is CC1CS(=O)(=O)CC(c2nc3ccccc3s2)N1. The van der Waals surface area contributed by atoms with Crippen LogP contribution in [0.5, 0.6) is 0 Å². The highest BCUT2D eigenvalue weighted by Gasteiger charge is 2.31. The van der Waals surface area contributed by atoms with Crippen molar-refractivity contribution in [3.05, 3.63) is 29.3 Å². The third kappa shape index (κ3) is 2.28. The molecule has 2 atom stereocenters. The summed E-state index contributed by atoms with van der Waals surface area (Å²) in [6, 6.07) is 7.70. The molecule has 0 spiro atoms. The Balaban J connectivity index is 1.99. The maximum atomic E-state index is 11.8. The standard InChI is InChI=1S/C12H14N2O2S2/c1-8-6-18(15,16)7-10(13-8)12-14-9-4-2-3-5-11(9)17-12/h2-5,8,10,13H,6-7H2,1H3. The molecule has 1 N–H and O–H groups in total. The summed E-state index contributed by atoms with van der Waals surface area (Å²) in [5, 5.41) is 4.18. The molecule has 1 fully saturated rings. The van der Waals surface area contributed by atoms with Crippen molar-refractivity contribution in [2.75, 3.05) is 11.5 Å². The van der Waals surface area contributed by atoms with Crippen LogP contribution in [0.25, 0.3) is 10.2 Å². The Labute approximate surface area is 110 Å². The molecular weight excluding hydrogens is 268 g/mol. The van der Waals surface area contributed by atoms with Crippen molar-refractivity contribution < 1.29 is 8.42 Å². The predicted octanol–water partition coefficient (Wildman–Crippen LogP) is 1.74. The Hall–Kier alpha value is -0.980. The second-order valence-corrected chi connectivity index (χ2v) is 7.93. The van der Waals surface area contributed by atoms with Gasteiger partial charge >= 0.3 is 0 Å². The maximum absolute atomic E-state index is 11.8. The molecule has 2 heterocycles. The maximum Gasteiger partial charge on any atom is 0.153 e. The summed E-state index contributed by atoms with van der Waals surface area (Å²) in [5.41, 5.74) is 0.940. The van der Waals surface area contributed by atoms with E-state index in [1.165, 1.54) is 0 Å². The number of sulfone groups is 1. The fourth-order valence-electron chi connectivity index (χ4n) is 2.32. The summed E-state index contributed by atoms with van der Waals surface area (Å²) in [4.78, 5) is 4.53. The van der Waals surface area contributed by atoms with Crippen LogP contribution >= 0.6 is 11.3 Å². The van der Waals surface area contributed by atoms with Gasteiger partial charge in [0.25, 0.3) is 0 Å². The fraction of sp³-hybridized carbons (Fsp3) is 0.417. The van der Waals surface area contributed by atoms with Crippen LogP contribution in [0.15, 0.2) is 24.3 Å². The molecule has 0 radical (unpaired) electrons. The van der Waals surface area contributed by atoms with Gasteiger partial charge in [-0.2, -0.15) is 0 Å². The van der Waals surface area contributed by atoms with E-state index in [0.717, 1.165) is 15.2 Å². The number of nitrogens with zero attached hydrogens (tertiary/aromatic N) is 1. The van der Waals surface area contributed by atoms with Gasteiger partial charge in [0.15, 0.2) is 9.84 Å². The van der Waals surface area contributed by atoms with E-state index in [1.807, 2.05) is 31.2 Å². The number of benzene rings is 1. The van der Waals surface area contributed by atoms with E-state index in [1.54, 1.807) is 11.3 Å². The highest BCUT2D eigenvalue weighted by Crippen LogP contribution is 2.29. The lowest BCUT2D eigenvalue weighted by molar-refractivity contribution is 0.468. The minimum absolute atomic E-state index is 0.0132. The minimum Gasteiger partial charge on any atom is -0.304 e. The Kier molecular flexibility index (Phi) is 2.88. The highest BCUT2D eigenvalue weighted by molar-refractivity contribution is 7.91. The molecule has 1 aliphatic rings. The fourth-order valence-corrected chi connectivity index (χ4v) is 5.21. The zero-order chi connectivity index (χ0) is 12.8. The predicted molar refractivity (Wildman–Crippen MR) is 73.6 cm³/mol. The van der Waals surface area contributed by atoms with Crippen molar-refractivity contribution in [2.24, 2.45) is 0 Å². The van der Waals surface area contributed by atoms with Gasteiger partial charge in [0.2, 0.25) is 0 Å². The lowest BCUT2D eigenvalue weighted by atomic mass is 10.3. The number of hydrogen-bond acceptors (Lipinski definition) is 5. The summed E-state index contributed by atoms with van der Waals surface area (Å²) in [5.74, 6) is 0.367. The average Bonchev–Trinajstić information content (AvgIpc) is 2.69. The average molecular weight is 282 g/mol. The first-order valence-electron chi connectivity index (χ1n) is 5.85. The lowest BCUT2D eigenvalue weighted by Gasteiger charge is -2.27. The number of fused-ring (bicyclic) bond motifs is 1. The first-order valence-corrected chi connectivity index (χ1v) is 8.49. The van der Waals surface area contributed by atoms with Crippen LogP contribution in [-0.2, 0) is 9.84 Å². The second kappa shape index (κ2) is 4.29. The Bertz CT molecular complexity index is 645. The zero-order valence-corrected chi connectivity index (χ0v) is 11.6. The largest absolute Gasteiger partial charge is 0.304 e. The van der Waals surface area contributed by atoms with Gasteiger partial charge in [0.1, 0.15) is 5.01 Å². The molecule has 0 aliphatic carbocycles. The number of rotatable bonds is 1. The van der Waals surface area contributed by atoms with Crippen LogP contribution in [-0.4, -0.2) is 30.9 Å². The molecule has 1 aromatic heterocycles. The van der Waals surface area contributed by atoms with Crippen molar-refractivity contribution in [2.45, 2.75) is 19.0 Å². The molecule has 2 unspecified atom stereocenters. The van der Waals surface area contributed by atoms with Gasteiger partial charge in [-0.3, -0.25) is 0 Å². The van der Waals surface area contributed by atoms with Crippen LogP contribution in [0.3, 0.4) is 0 Å². The van der Waals surface area contributed by atoms with Crippen LogP contribution in [0.4, 0.5) is 0 Å². The molecule has 2 aromatic rings. The highest BCUT2D eigenvalue weighted by atomic mass is 32.2. The molecule has 0 bridgehead atoms. The monoisotopic (exact) mass is 282 g/mol. The van der Waals surface area contributed by atoms with Crippen molar-refractivity contribution in [3.8, 4) is 0 Å². The van der Waals surface area contributed by atoms with E-state index in [9.17, 15) is 8.42 Å². The van der Waals surface area contributed by atoms with Crippen molar-refractivity contribution >= 4 is 31.4 Å². The van der Waals surface area contributed by atoms with Gasteiger partial charge in [0.05, 0.1) is 27.8 Å². The second-order valence-electron chi connectivity index (χ2n) is 4.72. The van der Waals surface area contributed by atoms with Gasteiger partial charge in [-0.05, 0) is 19.1 Å². The van der Waals surface area contributed by atoms with Gasteiger partial charge in [-0.15, -0.1) is 11.3 Å². The summed E-state index contributed by atoms with van der Waals surface area (Å²) in [6.07, 6.45) is 0. The van der Waals surface area contributed by atoms with E-state index >= 15 is 0 Å². The molecular formula is C12H14N2O2S2. The Morgan fingerprint density at radius 3 is 2.83 bits per heavy atom. The van der Waals surface area contributed by atoms with Crippen molar-refractivity contribution in [1.29, 1.82) is 0 Å². The van der Waals surface area contributed by atoms with Gasteiger partial charge in [-0.25, -0.2) is 13.4 Å². The number of aromatic nitrogens is 1. The third-order valence-electron chi connectivity index (χ3n) is 3.02. The summed E-state index contributed by atoms with van der Waals surface area (Å²) in [7, 11) is -2.96. The van der Waals surface area contributed by atoms with Crippen molar-refractivity contribution in [1.82, 2.24) is 10.3 Å². The quantitative estimate of drug-likeness (QED) is 0.865. The van der Waals surface area contributed by atoms with Gasteiger partial charge in [-0.1, -0.05) is 12.1 Å². The van der Waals surface area contributed by atoms with Crippen LogP contribution in [0.2, 0.25) is 0 Å². The minimum atomic E-state index is -2.96. The molecule has 4 nitrogen and oxygen atoms in total. The summed E-state index contributed by atoms with van der Waals surface area (Å²) >= 11 is 1.57. The molecule has 1 aromatic carbocycles. The Morgan fingerprint density at radius 2 is 2.11 bits per heavy atom. The van der Waals surface area contributed by atoms with Crippen LogP contribution in [0, 0.1) is 0 Å². The van der Waals surface area contributed by atoms with Gasteiger partial charge < -0.3 is 5.32 Å². The molecule has 0 amide bonds. The smallest absolute Gasteiger partial charge is 0.153 e. The zero-order valence-electron chi connectivity index (χ0n) is 9.96. The number of hydrogen-bond donors (Lipinski definition) is 1. The molecule has 1 aliphatic heterocycles. The summed E-state index contributed by atoms with van der Waals surface area (Å²) in [6.45, 7) is 1.90. The number of nitrogens with one attached hydrogen (secondary N) is 1. The van der Waals surface area contributed by atoms with Crippen LogP contribution in [0.1, 0.15) is 18.0 Å². The molecule has 96 valence electrons. The van der Waals surface area contributed by atoms with Gasteiger partial charge in [0, 0.05) is 6.04 Å².